The number of methoxy groups -OCH3 is 1. The van der Waals surface area contributed by atoms with Crippen LogP contribution >= 0.6 is 11.6 Å². The normalized spacial score (nSPS) is 12.2. The van der Waals surface area contributed by atoms with Gasteiger partial charge in [0.25, 0.3) is 5.56 Å². The van der Waals surface area contributed by atoms with E-state index in [9.17, 15) is 9.59 Å². The van der Waals surface area contributed by atoms with Gasteiger partial charge in [0, 0.05) is 29.6 Å². The number of nitrogens with zero attached hydrogens (tertiary/aromatic N) is 2. The molecule has 0 fully saturated rings. The molecule has 3 rings (SSSR count). The average molecular weight is 446 g/mol. The highest BCUT2D eigenvalue weighted by Crippen LogP contribution is 2.26. The number of unbranched alkanes of at least 4 members (excludes halogenated alkanes) is 1. The van der Waals surface area contributed by atoms with Gasteiger partial charge in [0.05, 0.1) is 12.8 Å². The Hall–Kier alpha value is -2.84. The molecule has 2 aromatic heterocycles. The molecule has 0 aliphatic heterocycles. The highest BCUT2D eigenvalue weighted by Gasteiger charge is 2.23. The molecule has 1 aromatic carbocycles. The molecule has 0 amide bonds. The first-order valence-corrected chi connectivity index (χ1v) is 10.7. The van der Waals surface area contributed by atoms with E-state index in [1.165, 1.54) is 11.6 Å². The number of aromatic nitrogens is 3. The van der Waals surface area contributed by atoms with Crippen LogP contribution in [0.1, 0.15) is 53.5 Å². The van der Waals surface area contributed by atoms with Crippen molar-refractivity contribution in [2.24, 2.45) is 5.73 Å². The lowest BCUT2D eigenvalue weighted by atomic mass is 10.1. The zero-order chi connectivity index (χ0) is 22.5. The van der Waals surface area contributed by atoms with Crippen molar-refractivity contribution in [3.05, 3.63) is 62.2 Å². The second kappa shape index (κ2) is 9.98. The second-order valence-corrected chi connectivity index (χ2v) is 7.95. The molecule has 0 bridgehead atoms. The van der Waals surface area contributed by atoms with Gasteiger partial charge in [-0.15, -0.1) is 5.10 Å². The Morgan fingerprint density at radius 1 is 1.39 bits per heavy atom. The minimum absolute atomic E-state index is 0.0389. The Labute approximate surface area is 185 Å². The van der Waals surface area contributed by atoms with Crippen LogP contribution in [0.3, 0.4) is 0 Å². The molecule has 0 saturated carbocycles. The average Bonchev–Trinajstić information content (AvgIpc) is 3.13. The number of nitrogens with one attached hydrogen (secondary N) is 2. The van der Waals surface area contributed by atoms with Crippen molar-refractivity contribution in [1.82, 2.24) is 14.6 Å². The lowest BCUT2D eigenvalue weighted by Gasteiger charge is -2.13. The van der Waals surface area contributed by atoms with Gasteiger partial charge in [-0.05, 0) is 25.0 Å². The highest BCUT2D eigenvalue weighted by molar-refractivity contribution is 6.31. The van der Waals surface area contributed by atoms with E-state index in [0.29, 0.717) is 40.6 Å². The predicted molar refractivity (Wildman–Crippen MR) is 122 cm³/mol. The maximum absolute atomic E-state index is 13.0. The van der Waals surface area contributed by atoms with Crippen molar-refractivity contribution in [2.45, 2.75) is 45.6 Å². The molecule has 0 aliphatic carbocycles. The number of rotatable bonds is 9. The number of esters is 1. The van der Waals surface area contributed by atoms with E-state index in [1.807, 2.05) is 18.2 Å². The smallest absolute Gasteiger partial charge is 0.356 e. The summed E-state index contributed by atoms with van der Waals surface area (Å²) in [7, 11) is 1.26. The molecule has 31 heavy (non-hydrogen) atoms. The molecule has 166 valence electrons. The van der Waals surface area contributed by atoms with E-state index < -0.39 is 11.5 Å². The molecule has 0 spiro atoms. The molecule has 2 heterocycles. The Morgan fingerprint density at radius 2 is 2.13 bits per heavy atom. The first-order chi connectivity index (χ1) is 14.9. The maximum atomic E-state index is 13.0. The van der Waals surface area contributed by atoms with E-state index in [4.69, 9.17) is 22.1 Å². The van der Waals surface area contributed by atoms with Crippen molar-refractivity contribution in [3.8, 4) is 0 Å². The van der Waals surface area contributed by atoms with Crippen LogP contribution in [0.25, 0.3) is 5.52 Å². The van der Waals surface area contributed by atoms with Crippen LogP contribution in [0.15, 0.2) is 29.1 Å². The van der Waals surface area contributed by atoms with Crippen molar-refractivity contribution < 1.29 is 9.53 Å². The number of fused-ring (bicyclic) bond motifs is 1. The van der Waals surface area contributed by atoms with E-state index in [0.717, 1.165) is 24.8 Å². The number of H-pyrrole nitrogens is 1. The van der Waals surface area contributed by atoms with Gasteiger partial charge in [-0.2, -0.15) is 0 Å². The fourth-order valence-electron chi connectivity index (χ4n) is 3.53. The zero-order valence-corrected chi connectivity index (χ0v) is 18.8. The fourth-order valence-corrected chi connectivity index (χ4v) is 3.74. The Kier molecular flexibility index (Phi) is 7.35. The molecular formula is C22H28ClN5O3. The summed E-state index contributed by atoms with van der Waals surface area (Å²) in [5.74, 6) is -0.0850. The SMILES string of the molecule is CCCC[C@@H](N)CNc1nn2c(C)c(C(=O)OC)[nH]c(=O)c2c1Cc1ccccc1Cl. The number of aromatic amines is 1. The lowest BCUT2D eigenvalue weighted by Crippen LogP contribution is -2.29. The van der Waals surface area contributed by atoms with E-state index in [1.54, 1.807) is 13.0 Å². The van der Waals surface area contributed by atoms with Gasteiger partial charge in [0.1, 0.15) is 11.2 Å². The number of carbonyl (C=O) groups excluding carboxylic acids is 1. The number of carbonyl (C=O) groups is 1. The summed E-state index contributed by atoms with van der Waals surface area (Å²) in [5.41, 5.74) is 8.26. The zero-order valence-electron chi connectivity index (χ0n) is 18.0. The summed E-state index contributed by atoms with van der Waals surface area (Å²) >= 11 is 6.37. The highest BCUT2D eigenvalue weighted by atomic mass is 35.5. The van der Waals surface area contributed by atoms with E-state index in [2.05, 4.69) is 22.3 Å². The monoisotopic (exact) mass is 445 g/mol. The number of aryl methyl sites for hydroxylation is 1. The van der Waals surface area contributed by atoms with Crippen molar-refractivity contribution in [3.63, 3.8) is 0 Å². The molecular weight excluding hydrogens is 418 g/mol. The van der Waals surface area contributed by atoms with Crippen molar-refractivity contribution >= 4 is 28.9 Å². The summed E-state index contributed by atoms with van der Waals surface area (Å²) in [4.78, 5) is 27.7. The molecule has 0 aliphatic rings. The Morgan fingerprint density at radius 3 is 2.81 bits per heavy atom. The van der Waals surface area contributed by atoms with Gasteiger partial charge in [-0.3, -0.25) is 4.79 Å². The molecule has 0 unspecified atom stereocenters. The molecule has 1 atom stereocenters. The fraction of sp³-hybridized carbons (Fsp3) is 0.409. The first kappa shape index (κ1) is 22.8. The summed E-state index contributed by atoms with van der Waals surface area (Å²) in [6.45, 7) is 4.34. The van der Waals surface area contributed by atoms with Crippen LogP contribution in [0, 0.1) is 6.92 Å². The Bertz CT molecular complexity index is 1140. The van der Waals surface area contributed by atoms with Crippen molar-refractivity contribution in [1.29, 1.82) is 0 Å². The van der Waals surface area contributed by atoms with Crippen LogP contribution in [0.5, 0.6) is 0 Å². The van der Waals surface area contributed by atoms with E-state index >= 15 is 0 Å². The third kappa shape index (κ3) is 4.91. The van der Waals surface area contributed by atoms with Gasteiger partial charge in [0.2, 0.25) is 0 Å². The maximum Gasteiger partial charge on any atom is 0.356 e. The van der Waals surface area contributed by atoms with Crippen LogP contribution in [-0.4, -0.2) is 40.3 Å². The Balaban J connectivity index is 2.10. The minimum atomic E-state index is -0.629. The molecule has 8 nitrogen and oxygen atoms in total. The first-order valence-electron chi connectivity index (χ1n) is 10.3. The molecule has 9 heteroatoms. The van der Waals surface area contributed by atoms with Gasteiger partial charge < -0.3 is 20.8 Å². The number of hydrogen-bond donors (Lipinski definition) is 3. The quantitative estimate of drug-likeness (QED) is 0.435. The van der Waals surface area contributed by atoms with Crippen LogP contribution < -0.4 is 16.6 Å². The largest absolute Gasteiger partial charge is 0.464 e. The van der Waals surface area contributed by atoms with Crippen molar-refractivity contribution in [2.75, 3.05) is 19.0 Å². The van der Waals surface area contributed by atoms with E-state index in [-0.39, 0.29) is 11.7 Å². The number of benzene rings is 1. The second-order valence-electron chi connectivity index (χ2n) is 7.55. The van der Waals surface area contributed by atoms with Crippen LogP contribution in [0.2, 0.25) is 5.02 Å². The molecule has 3 aromatic rings. The third-order valence-corrected chi connectivity index (χ3v) is 5.66. The summed E-state index contributed by atoms with van der Waals surface area (Å²) in [6, 6.07) is 7.43. The van der Waals surface area contributed by atoms with Gasteiger partial charge in [-0.1, -0.05) is 49.6 Å². The number of nitrogens with two attached hydrogens (primary N) is 1. The predicted octanol–water partition coefficient (Wildman–Crippen LogP) is 3.29. The number of ether oxygens (including phenoxy) is 1. The number of halogens is 1. The van der Waals surface area contributed by atoms with Gasteiger partial charge in [0.15, 0.2) is 5.82 Å². The van der Waals surface area contributed by atoms with Gasteiger partial charge >= 0.3 is 5.97 Å². The number of hydrogen-bond acceptors (Lipinski definition) is 6. The third-order valence-electron chi connectivity index (χ3n) is 5.29. The van der Waals surface area contributed by atoms with Crippen LogP contribution in [0.4, 0.5) is 5.82 Å². The lowest BCUT2D eigenvalue weighted by molar-refractivity contribution is 0.0592. The molecule has 0 radical (unpaired) electrons. The van der Waals surface area contributed by atoms with Crippen LogP contribution in [-0.2, 0) is 11.2 Å². The summed E-state index contributed by atoms with van der Waals surface area (Å²) in [5, 5.41) is 8.51. The standard InChI is InChI=1S/C22H28ClN5O3/c1-4-5-9-15(24)12-25-20-16(11-14-8-6-7-10-17(14)23)19-21(29)26-18(22(30)31-3)13(2)28(19)27-20/h6-8,10,15H,4-5,9,11-12,24H2,1-3H3,(H,25,27)(H,26,29)/t15-/m1/s1. The minimum Gasteiger partial charge on any atom is -0.464 e. The molecule has 4 N–H and O–H groups in total. The topological polar surface area (TPSA) is 115 Å². The van der Waals surface area contributed by atoms with Gasteiger partial charge in [-0.25, -0.2) is 9.31 Å². The number of anilines is 1. The summed E-state index contributed by atoms with van der Waals surface area (Å²) in [6.07, 6.45) is 3.41. The summed E-state index contributed by atoms with van der Waals surface area (Å²) < 4.78 is 6.27. The molecule has 0 saturated heterocycles.